The third-order valence-electron chi connectivity index (χ3n) is 3.50. The molecule has 0 aliphatic rings. The normalized spacial score (nSPS) is 11.1. The lowest BCUT2D eigenvalue weighted by molar-refractivity contribution is 0.796. The van der Waals surface area contributed by atoms with Crippen LogP contribution in [0.15, 0.2) is 42.5 Å². The molecule has 96 valence electrons. The number of hydrogen-bond acceptors (Lipinski definition) is 2. The van der Waals surface area contributed by atoms with E-state index in [0.717, 1.165) is 40.2 Å². The topological polar surface area (TPSA) is 43.8 Å². The molecule has 0 saturated heterocycles. The summed E-state index contributed by atoms with van der Waals surface area (Å²) in [7, 11) is 0. The summed E-state index contributed by atoms with van der Waals surface area (Å²) < 4.78 is 2.22. The lowest BCUT2D eigenvalue weighted by atomic mass is 10.1. The number of anilines is 1. The van der Waals surface area contributed by atoms with E-state index in [4.69, 9.17) is 10.7 Å². The molecule has 19 heavy (non-hydrogen) atoms. The summed E-state index contributed by atoms with van der Waals surface area (Å²) in [6.45, 7) is 5.08. The minimum Gasteiger partial charge on any atom is -0.398 e. The molecule has 2 N–H and O–H groups in total. The summed E-state index contributed by atoms with van der Waals surface area (Å²) in [5, 5.41) is 0. The molecule has 3 nitrogen and oxygen atoms in total. The van der Waals surface area contributed by atoms with Crippen molar-refractivity contribution in [2.45, 2.75) is 20.4 Å². The van der Waals surface area contributed by atoms with Gasteiger partial charge in [0.1, 0.15) is 5.82 Å². The predicted molar refractivity (Wildman–Crippen MR) is 80.0 cm³/mol. The maximum atomic E-state index is 6.15. The molecule has 0 spiro atoms. The Morgan fingerprint density at radius 2 is 1.89 bits per heavy atom. The van der Waals surface area contributed by atoms with E-state index in [2.05, 4.69) is 30.5 Å². The van der Waals surface area contributed by atoms with Gasteiger partial charge in [-0.1, -0.05) is 24.3 Å². The van der Waals surface area contributed by atoms with Crippen molar-refractivity contribution in [2.24, 2.45) is 0 Å². The van der Waals surface area contributed by atoms with Crippen LogP contribution in [0.1, 0.15) is 12.5 Å². The van der Waals surface area contributed by atoms with E-state index in [1.54, 1.807) is 0 Å². The standard InChI is InChI=1S/C16H17N3/c1-3-19-14-10-5-4-9-13(14)18-16(19)15-11(2)7-6-8-12(15)17/h4-10H,3,17H2,1-2H3. The van der Waals surface area contributed by atoms with E-state index in [1.807, 2.05) is 30.3 Å². The zero-order valence-electron chi connectivity index (χ0n) is 11.2. The largest absolute Gasteiger partial charge is 0.398 e. The second-order valence-corrected chi connectivity index (χ2v) is 4.71. The molecule has 0 aliphatic heterocycles. The van der Waals surface area contributed by atoms with Crippen molar-refractivity contribution in [2.75, 3.05) is 5.73 Å². The molecule has 1 aromatic heterocycles. The van der Waals surface area contributed by atoms with Gasteiger partial charge in [-0.05, 0) is 37.6 Å². The van der Waals surface area contributed by atoms with Gasteiger partial charge in [-0.25, -0.2) is 4.98 Å². The molecule has 0 amide bonds. The summed E-state index contributed by atoms with van der Waals surface area (Å²) in [4.78, 5) is 4.76. The summed E-state index contributed by atoms with van der Waals surface area (Å²) in [5.41, 5.74) is 11.3. The molecule has 0 atom stereocenters. The number of nitrogens with two attached hydrogens (primary N) is 1. The van der Waals surface area contributed by atoms with Crippen LogP contribution < -0.4 is 5.73 Å². The first kappa shape index (κ1) is 11.8. The maximum Gasteiger partial charge on any atom is 0.143 e. The van der Waals surface area contributed by atoms with Crippen LogP contribution in [0.3, 0.4) is 0 Å². The third kappa shape index (κ3) is 1.78. The van der Waals surface area contributed by atoms with Crippen LogP contribution in [0.2, 0.25) is 0 Å². The Balaban J connectivity index is 2.37. The number of para-hydroxylation sites is 2. The molecule has 0 fully saturated rings. The van der Waals surface area contributed by atoms with Crippen LogP contribution in [-0.4, -0.2) is 9.55 Å². The molecule has 1 heterocycles. The van der Waals surface area contributed by atoms with Crippen molar-refractivity contribution in [3.05, 3.63) is 48.0 Å². The SMILES string of the molecule is CCn1c(-c2c(C)cccc2N)nc2ccccc21. The summed E-state index contributed by atoms with van der Waals surface area (Å²) >= 11 is 0. The van der Waals surface area contributed by atoms with Crippen LogP contribution in [0.4, 0.5) is 5.69 Å². The average Bonchev–Trinajstić information content (AvgIpc) is 2.76. The number of rotatable bonds is 2. The Bertz CT molecular complexity index is 721. The maximum absolute atomic E-state index is 6.15. The number of aromatic nitrogens is 2. The highest BCUT2D eigenvalue weighted by atomic mass is 15.1. The number of aryl methyl sites for hydroxylation is 2. The molecule has 0 saturated carbocycles. The first-order chi connectivity index (χ1) is 9.22. The number of imidazole rings is 1. The van der Waals surface area contributed by atoms with Crippen LogP contribution in [0.5, 0.6) is 0 Å². The number of fused-ring (bicyclic) bond motifs is 1. The Kier molecular flexibility index (Phi) is 2.75. The van der Waals surface area contributed by atoms with Crippen LogP contribution in [-0.2, 0) is 6.54 Å². The van der Waals surface area contributed by atoms with Gasteiger partial charge in [0.25, 0.3) is 0 Å². The Labute approximate surface area is 112 Å². The van der Waals surface area contributed by atoms with Crippen molar-refractivity contribution in [3.63, 3.8) is 0 Å². The zero-order chi connectivity index (χ0) is 13.4. The number of hydrogen-bond donors (Lipinski definition) is 1. The first-order valence-corrected chi connectivity index (χ1v) is 6.53. The zero-order valence-corrected chi connectivity index (χ0v) is 11.2. The van der Waals surface area contributed by atoms with Gasteiger partial charge in [0.15, 0.2) is 0 Å². The highest BCUT2D eigenvalue weighted by Crippen LogP contribution is 2.31. The van der Waals surface area contributed by atoms with Crippen molar-refractivity contribution in [3.8, 4) is 11.4 Å². The monoisotopic (exact) mass is 251 g/mol. The first-order valence-electron chi connectivity index (χ1n) is 6.53. The Morgan fingerprint density at radius 3 is 2.63 bits per heavy atom. The van der Waals surface area contributed by atoms with E-state index < -0.39 is 0 Å². The summed E-state index contributed by atoms with van der Waals surface area (Å²) in [6, 6.07) is 14.2. The van der Waals surface area contributed by atoms with Gasteiger partial charge in [0.2, 0.25) is 0 Å². The molecule has 3 aromatic rings. The van der Waals surface area contributed by atoms with Crippen LogP contribution in [0.25, 0.3) is 22.4 Å². The van der Waals surface area contributed by atoms with E-state index in [1.165, 1.54) is 0 Å². The van der Waals surface area contributed by atoms with Gasteiger partial charge in [0, 0.05) is 17.8 Å². The van der Waals surface area contributed by atoms with Gasteiger partial charge in [-0.3, -0.25) is 0 Å². The Morgan fingerprint density at radius 1 is 1.11 bits per heavy atom. The fourth-order valence-electron chi connectivity index (χ4n) is 2.58. The molecule has 3 rings (SSSR count). The number of nitrogen functional groups attached to an aromatic ring is 1. The predicted octanol–water partition coefficient (Wildman–Crippen LogP) is 3.61. The second-order valence-electron chi connectivity index (χ2n) is 4.71. The van der Waals surface area contributed by atoms with Crippen molar-refractivity contribution >= 4 is 16.7 Å². The molecular formula is C16H17N3. The minimum atomic E-state index is 0.782. The highest BCUT2D eigenvalue weighted by Gasteiger charge is 2.15. The highest BCUT2D eigenvalue weighted by molar-refractivity contribution is 5.84. The van der Waals surface area contributed by atoms with E-state index in [9.17, 15) is 0 Å². The lowest BCUT2D eigenvalue weighted by Gasteiger charge is -2.11. The Hall–Kier alpha value is -2.29. The van der Waals surface area contributed by atoms with E-state index in [0.29, 0.717) is 0 Å². The molecular weight excluding hydrogens is 234 g/mol. The molecule has 0 aliphatic carbocycles. The second kappa shape index (κ2) is 4.43. The third-order valence-corrected chi connectivity index (χ3v) is 3.50. The van der Waals surface area contributed by atoms with E-state index >= 15 is 0 Å². The molecule has 0 unspecified atom stereocenters. The van der Waals surface area contributed by atoms with Gasteiger partial charge in [-0.15, -0.1) is 0 Å². The van der Waals surface area contributed by atoms with Gasteiger partial charge in [0.05, 0.1) is 11.0 Å². The van der Waals surface area contributed by atoms with Crippen LogP contribution in [0, 0.1) is 6.92 Å². The average molecular weight is 251 g/mol. The summed E-state index contributed by atoms with van der Waals surface area (Å²) in [5.74, 6) is 0.958. The van der Waals surface area contributed by atoms with E-state index in [-0.39, 0.29) is 0 Å². The molecule has 0 radical (unpaired) electrons. The fraction of sp³-hybridized carbons (Fsp3) is 0.188. The van der Waals surface area contributed by atoms with Crippen molar-refractivity contribution in [1.29, 1.82) is 0 Å². The van der Waals surface area contributed by atoms with Gasteiger partial charge in [-0.2, -0.15) is 0 Å². The fourth-order valence-corrected chi connectivity index (χ4v) is 2.58. The van der Waals surface area contributed by atoms with Gasteiger partial charge < -0.3 is 10.3 Å². The van der Waals surface area contributed by atoms with Crippen molar-refractivity contribution in [1.82, 2.24) is 9.55 Å². The van der Waals surface area contributed by atoms with Gasteiger partial charge >= 0.3 is 0 Å². The summed E-state index contributed by atoms with van der Waals surface area (Å²) in [6.07, 6.45) is 0. The van der Waals surface area contributed by atoms with Crippen LogP contribution >= 0.6 is 0 Å². The minimum absolute atomic E-state index is 0.782. The molecule has 3 heteroatoms. The number of nitrogens with zero attached hydrogens (tertiary/aromatic N) is 2. The molecule has 2 aromatic carbocycles. The number of benzene rings is 2. The quantitative estimate of drug-likeness (QED) is 0.707. The van der Waals surface area contributed by atoms with Crippen molar-refractivity contribution < 1.29 is 0 Å². The smallest absolute Gasteiger partial charge is 0.143 e. The molecule has 0 bridgehead atoms. The lowest BCUT2D eigenvalue weighted by Crippen LogP contribution is -2.01.